The molecule has 0 aromatic heterocycles. The van der Waals surface area contributed by atoms with Gasteiger partial charge in [0.2, 0.25) is 0 Å². The molecule has 6 heteroatoms. The van der Waals surface area contributed by atoms with Crippen LogP contribution in [0.2, 0.25) is 0 Å². The maximum Gasteiger partial charge on any atom is 0.326 e. The van der Waals surface area contributed by atoms with E-state index in [2.05, 4.69) is 26.0 Å². The van der Waals surface area contributed by atoms with Crippen molar-refractivity contribution in [1.82, 2.24) is 4.90 Å². The molecule has 1 atom stereocenters. The second-order valence-corrected chi connectivity index (χ2v) is 7.97. The van der Waals surface area contributed by atoms with Crippen LogP contribution in [0, 0.1) is 0 Å². The summed E-state index contributed by atoms with van der Waals surface area (Å²) in [6.07, 6.45) is 2.38. The van der Waals surface area contributed by atoms with Gasteiger partial charge in [-0.15, -0.1) is 0 Å². The van der Waals surface area contributed by atoms with Crippen LogP contribution in [0.25, 0.3) is 6.08 Å². The number of carbonyl (C=O) groups is 2. The summed E-state index contributed by atoms with van der Waals surface area (Å²) in [4.78, 5) is 26.3. The van der Waals surface area contributed by atoms with E-state index in [1.54, 1.807) is 0 Å². The van der Waals surface area contributed by atoms with Gasteiger partial charge in [0.05, 0.1) is 11.0 Å². The summed E-state index contributed by atoms with van der Waals surface area (Å²) in [6, 6.07) is 8.08. The molecule has 2 rings (SSSR count). The molecule has 0 N–H and O–H groups in total. The van der Waals surface area contributed by atoms with E-state index in [0.29, 0.717) is 15.1 Å². The SMILES string of the molecule is CCC(C)OC(=O)CN1C(=O)/C(=C/c2ccc(C(C)C)cc2)SC1=S. The molecule has 1 fully saturated rings. The summed E-state index contributed by atoms with van der Waals surface area (Å²) in [5, 5.41) is 0. The summed E-state index contributed by atoms with van der Waals surface area (Å²) < 4.78 is 5.61. The van der Waals surface area contributed by atoms with Crippen molar-refractivity contribution in [3.05, 3.63) is 40.3 Å². The Morgan fingerprint density at radius 2 is 1.92 bits per heavy atom. The van der Waals surface area contributed by atoms with E-state index < -0.39 is 5.97 Å². The lowest BCUT2D eigenvalue weighted by Crippen LogP contribution is -2.35. The molecule has 134 valence electrons. The lowest BCUT2D eigenvalue weighted by Gasteiger charge is -2.16. The highest BCUT2D eigenvalue weighted by molar-refractivity contribution is 8.26. The Morgan fingerprint density at radius 3 is 2.48 bits per heavy atom. The van der Waals surface area contributed by atoms with Crippen LogP contribution in [0.5, 0.6) is 0 Å². The fourth-order valence-electron chi connectivity index (χ4n) is 2.24. The molecule has 1 aromatic carbocycles. The second-order valence-electron chi connectivity index (χ2n) is 6.30. The van der Waals surface area contributed by atoms with Crippen molar-refractivity contribution >= 4 is 46.3 Å². The van der Waals surface area contributed by atoms with Crippen LogP contribution in [-0.2, 0) is 14.3 Å². The van der Waals surface area contributed by atoms with Gasteiger partial charge in [-0.1, -0.05) is 69.0 Å². The highest BCUT2D eigenvalue weighted by Gasteiger charge is 2.34. The molecule has 1 amide bonds. The number of carbonyl (C=O) groups excluding carboxylic acids is 2. The number of benzene rings is 1. The van der Waals surface area contributed by atoms with Gasteiger partial charge in [0, 0.05) is 0 Å². The van der Waals surface area contributed by atoms with Crippen molar-refractivity contribution < 1.29 is 14.3 Å². The van der Waals surface area contributed by atoms with Crippen molar-refractivity contribution in [1.29, 1.82) is 0 Å². The first kappa shape index (κ1) is 19.7. The fourth-order valence-corrected chi connectivity index (χ4v) is 3.49. The lowest BCUT2D eigenvalue weighted by atomic mass is 10.0. The smallest absolute Gasteiger partial charge is 0.326 e. The number of ether oxygens (including phenoxy) is 1. The van der Waals surface area contributed by atoms with E-state index in [9.17, 15) is 9.59 Å². The largest absolute Gasteiger partial charge is 0.461 e. The van der Waals surface area contributed by atoms with Gasteiger partial charge in [-0.2, -0.15) is 0 Å². The number of thiocarbonyl (C=S) groups is 1. The first-order chi connectivity index (χ1) is 11.8. The van der Waals surface area contributed by atoms with Crippen molar-refractivity contribution in [2.24, 2.45) is 0 Å². The molecule has 4 nitrogen and oxygen atoms in total. The molecule has 1 aromatic rings. The average Bonchev–Trinajstić information content (AvgIpc) is 2.82. The summed E-state index contributed by atoms with van der Waals surface area (Å²) in [5.74, 6) is -0.221. The van der Waals surface area contributed by atoms with Gasteiger partial charge in [0.1, 0.15) is 10.9 Å². The molecule has 1 unspecified atom stereocenters. The zero-order valence-electron chi connectivity index (χ0n) is 14.9. The Kier molecular flexibility index (Phi) is 6.79. The van der Waals surface area contributed by atoms with Gasteiger partial charge in [0.25, 0.3) is 5.91 Å². The standard InChI is InChI=1S/C19H23NO3S2/c1-5-13(4)23-17(21)11-20-18(22)16(25-19(20)24)10-14-6-8-15(9-7-14)12(2)3/h6-10,12-13H,5,11H2,1-4H3/b16-10-. The lowest BCUT2D eigenvalue weighted by molar-refractivity contribution is -0.150. The Morgan fingerprint density at radius 1 is 1.28 bits per heavy atom. The van der Waals surface area contributed by atoms with Crippen LogP contribution in [0.4, 0.5) is 0 Å². The van der Waals surface area contributed by atoms with Crippen molar-refractivity contribution in [3.8, 4) is 0 Å². The van der Waals surface area contributed by atoms with E-state index >= 15 is 0 Å². The normalized spacial score (nSPS) is 17.5. The van der Waals surface area contributed by atoms with Crippen LogP contribution in [0.15, 0.2) is 29.2 Å². The highest BCUT2D eigenvalue weighted by Crippen LogP contribution is 2.32. The number of hydrogen-bond donors (Lipinski definition) is 0. The second kappa shape index (κ2) is 8.63. The summed E-state index contributed by atoms with van der Waals surface area (Å²) in [6.45, 7) is 7.89. The maximum atomic E-state index is 12.5. The number of nitrogens with zero attached hydrogens (tertiary/aromatic N) is 1. The molecule has 1 aliphatic rings. The molecular formula is C19H23NO3S2. The van der Waals surface area contributed by atoms with E-state index in [-0.39, 0.29) is 18.6 Å². The molecule has 1 heterocycles. The van der Waals surface area contributed by atoms with Crippen molar-refractivity contribution in [3.63, 3.8) is 0 Å². The van der Waals surface area contributed by atoms with E-state index in [4.69, 9.17) is 17.0 Å². The van der Waals surface area contributed by atoms with E-state index in [1.807, 2.05) is 32.1 Å². The van der Waals surface area contributed by atoms with Crippen LogP contribution in [0.1, 0.15) is 51.2 Å². The topological polar surface area (TPSA) is 46.6 Å². The monoisotopic (exact) mass is 377 g/mol. The number of esters is 1. The molecule has 25 heavy (non-hydrogen) atoms. The molecule has 0 bridgehead atoms. The minimum atomic E-state index is -0.437. The zero-order chi connectivity index (χ0) is 18.6. The minimum Gasteiger partial charge on any atom is -0.461 e. The Balaban J connectivity index is 2.08. The highest BCUT2D eigenvalue weighted by atomic mass is 32.2. The van der Waals surface area contributed by atoms with Crippen LogP contribution in [-0.4, -0.2) is 33.7 Å². The first-order valence-electron chi connectivity index (χ1n) is 8.36. The van der Waals surface area contributed by atoms with Crippen LogP contribution < -0.4 is 0 Å². The van der Waals surface area contributed by atoms with Gasteiger partial charge in [-0.3, -0.25) is 14.5 Å². The Bertz CT molecular complexity index is 695. The first-order valence-corrected chi connectivity index (χ1v) is 9.59. The number of amides is 1. The van der Waals surface area contributed by atoms with E-state index in [1.165, 1.54) is 22.2 Å². The minimum absolute atomic E-state index is 0.140. The zero-order valence-corrected chi connectivity index (χ0v) is 16.6. The van der Waals surface area contributed by atoms with Gasteiger partial charge < -0.3 is 4.74 Å². The summed E-state index contributed by atoms with van der Waals surface area (Å²) >= 11 is 6.46. The Hall–Kier alpha value is -1.66. The molecule has 0 spiro atoms. The van der Waals surface area contributed by atoms with Crippen molar-refractivity contribution in [2.45, 2.75) is 46.1 Å². The van der Waals surface area contributed by atoms with Gasteiger partial charge in [0.15, 0.2) is 0 Å². The van der Waals surface area contributed by atoms with Crippen LogP contribution >= 0.6 is 24.0 Å². The van der Waals surface area contributed by atoms with Gasteiger partial charge in [-0.25, -0.2) is 0 Å². The molecule has 1 saturated heterocycles. The Labute approximate surface area is 158 Å². The third-order valence-corrected chi connectivity index (χ3v) is 5.35. The third-order valence-electron chi connectivity index (χ3n) is 3.97. The number of thioether (sulfide) groups is 1. The van der Waals surface area contributed by atoms with E-state index in [0.717, 1.165) is 12.0 Å². The fraction of sp³-hybridized carbons (Fsp3) is 0.421. The number of hydrogen-bond acceptors (Lipinski definition) is 5. The number of rotatable bonds is 6. The molecular weight excluding hydrogens is 354 g/mol. The van der Waals surface area contributed by atoms with Gasteiger partial charge >= 0.3 is 5.97 Å². The predicted octanol–water partition coefficient (Wildman–Crippen LogP) is 4.35. The average molecular weight is 378 g/mol. The third kappa shape index (κ3) is 5.16. The van der Waals surface area contributed by atoms with Gasteiger partial charge in [-0.05, 0) is 36.5 Å². The molecule has 0 saturated carbocycles. The molecule has 0 aliphatic carbocycles. The predicted molar refractivity (Wildman–Crippen MR) is 106 cm³/mol. The summed E-state index contributed by atoms with van der Waals surface area (Å²) in [7, 11) is 0. The molecule has 0 radical (unpaired) electrons. The quantitative estimate of drug-likeness (QED) is 0.419. The molecule has 1 aliphatic heterocycles. The van der Waals surface area contributed by atoms with Crippen molar-refractivity contribution in [2.75, 3.05) is 6.54 Å². The maximum absolute atomic E-state index is 12.5. The van der Waals surface area contributed by atoms with Crippen LogP contribution in [0.3, 0.4) is 0 Å². The summed E-state index contributed by atoms with van der Waals surface area (Å²) in [5.41, 5.74) is 2.18.